The first-order chi connectivity index (χ1) is 12.5. The van der Waals surface area contributed by atoms with Crippen LogP contribution in [0.15, 0.2) is 24.3 Å². The molecule has 27 heavy (non-hydrogen) atoms. The molecule has 10 nitrogen and oxygen atoms in total. The SMILES string of the molecule is N=C(N)c1ccc(C(CCC(=O)O)C(N)(C(=O)O)C(=O)C(N)CC=O)cc1. The number of nitrogens with two attached hydrogens (primary N) is 3. The average molecular weight is 378 g/mol. The van der Waals surface area contributed by atoms with Crippen molar-refractivity contribution in [2.45, 2.75) is 36.8 Å². The maximum atomic E-state index is 12.6. The topological polar surface area (TPSA) is 211 Å². The lowest BCUT2D eigenvalue weighted by Crippen LogP contribution is -2.63. The Morgan fingerprint density at radius 3 is 2.15 bits per heavy atom. The molecule has 3 atom stereocenters. The minimum Gasteiger partial charge on any atom is -0.481 e. The number of ketones is 1. The van der Waals surface area contributed by atoms with E-state index in [2.05, 4.69) is 0 Å². The monoisotopic (exact) mass is 378 g/mol. The molecule has 0 saturated carbocycles. The van der Waals surface area contributed by atoms with Gasteiger partial charge in [0.05, 0.1) is 6.04 Å². The molecule has 0 fully saturated rings. The van der Waals surface area contributed by atoms with Gasteiger partial charge in [0, 0.05) is 24.3 Å². The lowest BCUT2D eigenvalue weighted by atomic mass is 9.72. The number of carboxylic acid groups (broad SMARTS) is 2. The summed E-state index contributed by atoms with van der Waals surface area (Å²) in [6, 6.07) is 4.28. The van der Waals surface area contributed by atoms with Crippen molar-refractivity contribution in [1.82, 2.24) is 0 Å². The highest BCUT2D eigenvalue weighted by Gasteiger charge is 2.51. The molecule has 0 aromatic heterocycles. The normalized spacial score (nSPS) is 15.2. The Labute approximate surface area is 154 Å². The molecular weight excluding hydrogens is 356 g/mol. The Kier molecular flexibility index (Phi) is 7.32. The van der Waals surface area contributed by atoms with Gasteiger partial charge in [-0.3, -0.25) is 15.0 Å². The molecule has 10 heteroatoms. The van der Waals surface area contributed by atoms with Gasteiger partial charge in [-0.1, -0.05) is 24.3 Å². The molecule has 0 aliphatic rings. The van der Waals surface area contributed by atoms with Crippen LogP contribution < -0.4 is 17.2 Å². The van der Waals surface area contributed by atoms with E-state index in [-0.39, 0.29) is 17.8 Å². The molecule has 3 unspecified atom stereocenters. The molecule has 0 saturated heterocycles. The van der Waals surface area contributed by atoms with Gasteiger partial charge < -0.3 is 32.2 Å². The Morgan fingerprint density at radius 2 is 1.74 bits per heavy atom. The van der Waals surface area contributed by atoms with Crippen LogP contribution in [0.2, 0.25) is 0 Å². The number of carbonyl (C=O) groups excluding carboxylic acids is 2. The van der Waals surface area contributed by atoms with Crippen LogP contribution in [-0.4, -0.2) is 51.6 Å². The minimum absolute atomic E-state index is 0.218. The molecule has 1 aromatic rings. The molecule has 0 spiro atoms. The Morgan fingerprint density at radius 1 is 1.19 bits per heavy atom. The summed E-state index contributed by atoms with van der Waals surface area (Å²) in [6.45, 7) is 0. The van der Waals surface area contributed by atoms with E-state index in [1.807, 2.05) is 0 Å². The number of hydrogen-bond donors (Lipinski definition) is 6. The number of nitrogens with one attached hydrogen (secondary N) is 1. The van der Waals surface area contributed by atoms with E-state index in [9.17, 15) is 24.3 Å². The van der Waals surface area contributed by atoms with Gasteiger partial charge in [0.25, 0.3) is 0 Å². The number of aldehydes is 1. The quantitative estimate of drug-likeness (QED) is 0.123. The lowest BCUT2D eigenvalue weighted by Gasteiger charge is -2.34. The number of nitrogen functional groups attached to an aromatic ring is 1. The van der Waals surface area contributed by atoms with E-state index in [1.54, 1.807) is 0 Å². The number of benzene rings is 1. The van der Waals surface area contributed by atoms with Crippen molar-refractivity contribution in [3.05, 3.63) is 35.4 Å². The standard InChI is InChI=1S/C17H22N4O6/c18-12(7-8-22)14(25)17(21,16(26)27)11(5-6-13(23)24)9-1-3-10(4-2-9)15(19)20/h1-4,8,11-12H,5-7,18,21H2,(H3,19,20)(H,23,24)(H,26,27). The first-order valence-corrected chi connectivity index (χ1v) is 7.97. The zero-order valence-electron chi connectivity index (χ0n) is 14.4. The second-order valence-electron chi connectivity index (χ2n) is 6.07. The van der Waals surface area contributed by atoms with Gasteiger partial charge in [-0.25, -0.2) is 4.79 Å². The van der Waals surface area contributed by atoms with E-state index in [0.717, 1.165) is 0 Å². The predicted octanol–water partition coefficient (Wildman–Crippen LogP) is -0.813. The Balaban J connectivity index is 3.45. The van der Waals surface area contributed by atoms with Gasteiger partial charge in [0.1, 0.15) is 12.1 Å². The van der Waals surface area contributed by atoms with Crippen LogP contribution in [0.25, 0.3) is 0 Å². The summed E-state index contributed by atoms with van der Waals surface area (Å²) >= 11 is 0. The van der Waals surface area contributed by atoms with Crippen LogP contribution in [0.1, 0.15) is 36.3 Å². The number of rotatable bonds is 11. The second-order valence-corrected chi connectivity index (χ2v) is 6.07. The molecule has 0 bridgehead atoms. The largest absolute Gasteiger partial charge is 0.481 e. The van der Waals surface area contributed by atoms with Crippen LogP contribution >= 0.6 is 0 Å². The molecule has 9 N–H and O–H groups in total. The Hall–Kier alpha value is -3.11. The van der Waals surface area contributed by atoms with Gasteiger partial charge in [-0.2, -0.15) is 0 Å². The molecule has 0 aliphatic carbocycles. The molecular formula is C17H22N4O6. The van der Waals surface area contributed by atoms with Crippen molar-refractivity contribution in [3.63, 3.8) is 0 Å². The maximum absolute atomic E-state index is 12.6. The van der Waals surface area contributed by atoms with Crippen LogP contribution in [0.4, 0.5) is 0 Å². The molecule has 0 amide bonds. The lowest BCUT2D eigenvalue weighted by molar-refractivity contribution is -0.151. The fourth-order valence-corrected chi connectivity index (χ4v) is 2.76. The van der Waals surface area contributed by atoms with Crippen LogP contribution in [-0.2, 0) is 19.2 Å². The predicted molar refractivity (Wildman–Crippen MR) is 95.3 cm³/mol. The van der Waals surface area contributed by atoms with Crippen molar-refractivity contribution in [2.24, 2.45) is 17.2 Å². The van der Waals surface area contributed by atoms with Crippen LogP contribution in [0, 0.1) is 5.41 Å². The summed E-state index contributed by atoms with van der Waals surface area (Å²) in [4.78, 5) is 46.2. The van der Waals surface area contributed by atoms with Gasteiger partial charge in [0.2, 0.25) is 0 Å². The highest BCUT2D eigenvalue weighted by molar-refractivity contribution is 6.11. The van der Waals surface area contributed by atoms with Crippen molar-refractivity contribution < 1.29 is 29.4 Å². The van der Waals surface area contributed by atoms with E-state index >= 15 is 0 Å². The van der Waals surface area contributed by atoms with Crippen LogP contribution in [0.3, 0.4) is 0 Å². The molecule has 146 valence electrons. The summed E-state index contributed by atoms with van der Waals surface area (Å²) in [6.07, 6.45) is -0.739. The average Bonchev–Trinajstić information content (AvgIpc) is 2.61. The number of aliphatic carboxylic acids is 2. The fourth-order valence-electron chi connectivity index (χ4n) is 2.76. The zero-order chi connectivity index (χ0) is 20.8. The smallest absolute Gasteiger partial charge is 0.332 e. The van der Waals surface area contributed by atoms with Gasteiger partial charge >= 0.3 is 11.9 Å². The molecule has 1 aromatic carbocycles. The van der Waals surface area contributed by atoms with E-state index in [4.69, 9.17) is 27.7 Å². The third kappa shape index (κ3) is 4.96. The summed E-state index contributed by atoms with van der Waals surface area (Å²) in [5.41, 5.74) is 15.1. The van der Waals surface area contributed by atoms with E-state index in [0.29, 0.717) is 11.8 Å². The Bertz CT molecular complexity index is 748. The van der Waals surface area contributed by atoms with Crippen molar-refractivity contribution in [1.29, 1.82) is 5.41 Å². The first-order valence-electron chi connectivity index (χ1n) is 7.97. The highest BCUT2D eigenvalue weighted by atomic mass is 16.4. The van der Waals surface area contributed by atoms with Gasteiger partial charge in [-0.15, -0.1) is 0 Å². The third-order valence-electron chi connectivity index (χ3n) is 4.27. The van der Waals surface area contributed by atoms with Gasteiger partial charge in [0.15, 0.2) is 11.3 Å². The second kappa shape index (κ2) is 9.01. The van der Waals surface area contributed by atoms with Gasteiger partial charge in [-0.05, 0) is 12.0 Å². The van der Waals surface area contributed by atoms with Crippen molar-refractivity contribution in [3.8, 4) is 0 Å². The minimum atomic E-state index is -2.53. The third-order valence-corrected chi connectivity index (χ3v) is 4.27. The number of amidine groups is 1. The summed E-state index contributed by atoms with van der Waals surface area (Å²) in [5, 5.41) is 26.0. The van der Waals surface area contributed by atoms with Crippen molar-refractivity contribution in [2.75, 3.05) is 0 Å². The number of carboxylic acids is 2. The van der Waals surface area contributed by atoms with E-state index in [1.165, 1.54) is 24.3 Å². The summed E-state index contributed by atoms with van der Waals surface area (Å²) in [5.74, 6) is -5.40. The fraction of sp³-hybridized carbons (Fsp3) is 0.353. The van der Waals surface area contributed by atoms with Crippen LogP contribution in [0.5, 0.6) is 0 Å². The molecule has 0 aliphatic heterocycles. The first kappa shape index (κ1) is 21.9. The number of Topliss-reactive ketones (excluding diaryl/α,β-unsaturated/α-hetero) is 1. The highest BCUT2D eigenvalue weighted by Crippen LogP contribution is 2.33. The number of carbonyl (C=O) groups is 4. The summed E-state index contributed by atoms with van der Waals surface area (Å²) < 4.78 is 0. The maximum Gasteiger partial charge on any atom is 0.332 e. The van der Waals surface area contributed by atoms with E-state index < -0.39 is 48.1 Å². The molecule has 0 radical (unpaired) electrons. The molecule has 1 rings (SSSR count). The summed E-state index contributed by atoms with van der Waals surface area (Å²) in [7, 11) is 0. The molecule has 0 heterocycles. The zero-order valence-corrected chi connectivity index (χ0v) is 14.4. The number of hydrogen-bond acceptors (Lipinski definition) is 7. The van der Waals surface area contributed by atoms with Crippen molar-refractivity contribution >= 4 is 29.8 Å².